The molecule has 0 aliphatic carbocycles. The summed E-state index contributed by atoms with van der Waals surface area (Å²) < 4.78 is 0. The molecule has 0 aliphatic rings. The van der Waals surface area contributed by atoms with Crippen LogP contribution < -0.4 is 0 Å². The number of carbonyl (C=O) groups is 1. The van der Waals surface area contributed by atoms with E-state index in [1.165, 1.54) is 0 Å². The smallest absolute Gasteiger partial charge is 0.313 e. The van der Waals surface area contributed by atoms with Crippen molar-refractivity contribution in [1.82, 2.24) is 4.98 Å². The lowest BCUT2D eigenvalue weighted by molar-refractivity contribution is -0.142. The molecule has 1 aromatic carbocycles. The Balaban J connectivity index is 2.77. The third kappa shape index (κ3) is 1.90. The van der Waals surface area contributed by atoms with Gasteiger partial charge in [-0.05, 0) is 31.5 Å². The molecule has 3 nitrogen and oxygen atoms in total. The number of nitrogens with one attached hydrogen (secondary N) is 1. The Bertz CT molecular complexity index is 602. The number of carboxylic acid groups (broad SMARTS) is 1. The van der Waals surface area contributed by atoms with Gasteiger partial charge in [-0.15, -0.1) is 0 Å². The molecule has 90 valence electrons. The molecule has 1 heterocycles. The van der Waals surface area contributed by atoms with E-state index in [2.05, 4.69) is 4.98 Å². The first-order valence-electron chi connectivity index (χ1n) is 5.04. The van der Waals surface area contributed by atoms with Crippen molar-refractivity contribution in [2.24, 2.45) is 0 Å². The van der Waals surface area contributed by atoms with Crippen LogP contribution in [0.1, 0.15) is 19.4 Å². The standard InChI is InChI=1S/C12H11Cl2NO2/c1-12(2,11(16)17)8-5-15-10-7(8)3-6(13)4-9(10)14/h3-5,15H,1-2H3,(H,16,17). The lowest BCUT2D eigenvalue weighted by atomic mass is 9.85. The fourth-order valence-electron chi connectivity index (χ4n) is 1.79. The van der Waals surface area contributed by atoms with Gasteiger partial charge in [-0.25, -0.2) is 0 Å². The summed E-state index contributed by atoms with van der Waals surface area (Å²) in [5.41, 5.74) is 0.386. The average Bonchev–Trinajstić information content (AvgIpc) is 2.61. The fraction of sp³-hybridized carbons (Fsp3) is 0.250. The average molecular weight is 272 g/mol. The maximum absolute atomic E-state index is 11.3. The number of benzene rings is 1. The van der Waals surface area contributed by atoms with Crippen LogP contribution in [0, 0.1) is 0 Å². The van der Waals surface area contributed by atoms with E-state index < -0.39 is 11.4 Å². The number of aromatic nitrogens is 1. The number of rotatable bonds is 2. The molecule has 0 unspecified atom stereocenters. The first kappa shape index (κ1) is 12.3. The minimum atomic E-state index is -0.994. The van der Waals surface area contributed by atoms with E-state index in [4.69, 9.17) is 23.2 Å². The molecule has 0 bridgehead atoms. The summed E-state index contributed by atoms with van der Waals surface area (Å²) >= 11 is 12.0. The van der Waals surface area contributed by atoms with Crippen molar-refractivity contribution in [3.05, 3.63) is 33.9 Å². The van der Waals surface area contributed by atoms with Crippen molar-refractivity contribution >= 4 is 40.1 Å². The third-order valence-electron chi connectivity index (χ3n) is 2.91. The quantitative estimate of drug-likeness (QED) is 0.872. The van der Waals surface area contributed by atoms with Crippen LogP contribution in [0.25, 0.3) is 10.9 Å². The van der Waals surface area contributed by atoms with Crippen LogP contribution in [0.3, 0.4) is 0 Å². The van der Waals surface area contributed by atoms with Crippen LogP contribution in [0.5, 0.6) is 0 Å². The van der Waals surface area contributed by atoms with Gasteiger partial charge in [0.15, 0.2) is 0 Å². The highest BCUT2D eigenvalue weighted by molar-refractivity contribution is 6.38. The Morgan fingerprint density at radius 2 is 2.00 bits per heavy atom. The highest BCUT2D eigenvalue weighted by Gasteiger charge is 2.32. The largest absolute Gasteiger partial charge is 0.481 e. The zero-order valence-corrected chi connectivity index (χ0v) is 10.9. The molecule has 5 heteroatoms. The van der Waals surface area contributed by atoms with Crippen LogP contribution in [-0.2, 0) is 10.2 Å². The highest BCUT2D eigenvalue weighted by Crippen LogP contribution is 2.35. The van der Waals surface area contributed by atoms with Gasteiger partial charge in [0.05, 0.1) is 16.0 Å². The summed E-state index contributed by atoms with van der Waals surface area (Å²) in [6, 6.07) is 3.35. The molecule has 2 rings (SSSR count). The molecule has 0 spiro atoms. The molecule has 0 saturated heterocycles. The third-order valence-corrected chi connectivity index (χ3v) is 3.43. The summed E-state index contributed by atoms with van der Waals surface area (Å²) in [4.78, 5) is 14.2. The van der Waals surface area contributed by atoms with E-state index >= 15 is 0 Å². The van der Waals surface area contributed by atoms with Gasteiger partial charge in [0.1, 0.15) is 0 Å². The van der Waals surface area contributed by atoms with Crippen LogP contribution in [0.15, 0.2) is 18.3 Å². The highest BCUT2D eigenvalue weighted by atomic mass is 35.5. The molecular formula is C12H11Cl2NO2. The van der Waals surface area contributed by atoms with Gasteiger partial charge in [0.2, 0.25) is 0 Å². The lowest BCUT2D eigenvalue weighted by Gasteiger charge is -2.18. The number of halogens is 2. The number of aliphatic carboxylic acids is 1. The normalized spacial score (nSPS) is 12.0. The van der Waals surface area contributed by atoms with Crippen molar-refractivity contribution in [2.45, 2.75) is 19.3 Å². The molecule has 0 aliphatic heterocycles. The Kier molecular flexibility index (Phi) is 2.84. The summed E-state index contributed by atoms with van der Waals surface area (Å²) in [7, 11) is 0. The second kappa shape index (κ2) is 3.93. The van der Waals surface area contributed by atoms with Crippen LogP contribution in [0.4, 0.5) is 0 Å². The maximum atomic E-state index is 11.3. The molecule has 0 atom stereocenters. The Morgan fingerprint density at radius 1 is 1.35 bits per heavy atom. The molecule has 2 N–H and O–H groups in total. The van der Waals surface area contributed by atoms with Gasteiger partial charge in [-0.3, -0.25) is 4.79 Å². The zero-order valence-electron chi connectivity index (χ0n) is 9.34. The maximum Gasteiger partial charge on any atom is 0.313 e. The van der Waals surface area contributed by atoms with E-state index in [9.17, 15) is 9.90 Å². The van der Waals surface area contributed by atoms with Gasteiger partial charge in [0, 0.05) is 16.6 Å². The minimum Gasteiger partial charge on any atom is -0.481 e. The summed E-state index contributed by atoms with van der Waals surface area (Å²) in [5, 5.41) is 11.0. The second-order valence-corrected chi connectivity index (χ2v) is 5.29. The van der Waals surface area contributed by atoms with Crippen LogP contribution in [0.2, 0.25) is 10.0 Å². The molecular weight excluding hydrogens is 261 g/mol. The number of aromatic amines is 1. The number of fused-ring (bicyclic) bond motifs is 1. The van der Waals surface area contributed by atoms with E-state index in [1.807, 2.05) is 0 Å². The van der Waals surface area contributed by atoms with Gasteiger partial charge in [-0.2, -0.15) is 0 Å². The van der Waals surface area contributed by atoms with E-state index in [0.29, 0.717) is 21.1 Å². The van der Waals surface area contributed by atoms with E-state index in [0.717, 1.165) is 5.39 Å². The first-order chi connectivity index (χ1) is 7.84. The van der Waals surface area contributed by atoms with Crippen LogP contribution in [-0.4, -0.2) is 16.1 Å². The summed E-state index contributed by atoms with van der Waals surface area (Å²) in [5.74, 6) is -0.894. The monoisotopic (exact) mass is 271 g/mol. The molecule has 2 aromatic rings. The molecule has 0 radical (unpaired) electrons. The van der Waals surface area contributed by atoms with Crippen molar-refractivity contribution < 1.29 is 9.90 Å². The van der Waals surface area contributed by atoms with E-state index in [1.54, 1.807) is 32.2 Å². The van der Waals surface area contributed by atoms with Crippen molar-refractivity contribution in [3.8, 4) is 0 Å². The number of carboxylic acids is 1. The summed E-state index contributed by atoms with van der Waals surface area (Å²) in [6.07, 6.45) is 1.67. The predicted molar refractivity (Wildman–Crippen MR) is 69.0 cm³/mol. The molecule has 0 saturated carbocycles. The zero-order chi connectivity index (χ0) is 12.8. The molecule has 0 amide bonds. The minimum absolute atomic E-state index is 0.486. The van der Waals surface area contributed by atoms with Gasteiger partial charge < -0.3 is 10.1 Å². The topological polar surface area (TPSA) is 53.1 Å². The SMILES string of the molecule is CC(C)(C(=O)O)c1c[nH]c2c(Cl)cc(Cl)cc12. The van der Waals surface area contributed by atoms with Gasteiger partial charge in [-0.1, -0.05) is 23.2 Å². The molecule has 0 fully saturated rings. The Morgan fingerprint density at radius 3 is 2.59 bits per heavy atom. The Labute approximate surface area is 108 Å². The molecule has 1 aromatic heterocycles. The van der Waals surface area contributed by atoms with E-state index in [-0.39, 0.29) is 0 Å². The van der Waals surface area contributed by atoms with Crippen molar-refractivity contribution in [3.63, 3.8) is 0 Å². The predicted octanol–water partition coefficient (Wildman–Crippen LogP) is 3.84. The van der Waals surface area contributed by atoms with Crippen molar-refractivity contribution in [1.29, 1.82) is 0 Å². The fourth-order valence-corrected chi connectivity index (χ4v) is 2.34. The van der Waals surface area contributed by atoms with Crippen molar-refractivity contribution in [2.75, 3.05) is 0 Å². The first-order valence-corrected chi connectivity index (χ1v) is 5.79. The van der Waals surface area contributed by atoms with Gasteiger partial charge in [0.25, 0.3) is 0 Å². The second-order valence-electron chi connectivity index (χ2n) is 4.44. The number of hydrogen-bond donors (Lipinski definition) is 2. The molecule has 17 heavy (non-hydrogen) atoms. The number of hydrogen-bond acceptors (Lipinski definition) is 1. The number of H-pyrrole nitrogens is 1. The summed E-state index contributed by atoms with van der Waals surface area (Å²) in [6.45, 7) is 3.29. The lowest BCUT2D eigenvalue weighted by Crippen LogP contribution is -2.28. The Hall–Kier alpha value is -1.19. The van der Waals surface area contributed by atoms with Crippen LogP contribution >= 0.6 is 23.2 Å². The van der Waals surface area contributed by atoms with Gasteiger partial charge >= 0.3 is 5.97 Å².